The van der Waals surface area contributed by atoms with Gasteiger partial charge in [-0.1, -0.05) is 43.2 Å². The van der Waals surface area contributed by atoms with Crippen LogP contribution in [-0.2, 0) is 16.1 Å². The summed E-state index contributed by atoms with van der Waals surface area (Å²) < 4.78 is 63.5. The van der Waals surface area contributed by atoms with Gasteiger partial charge in [-0.3, -0.25) is 9.80 Å². The lowest BCUT2D eigenvalue weighted by molar-refractivity contribution is -0.193. The predicted octanol–water partition coefficient (Wildman–Crippen LogP) is 4.71. The molecular weight excluding hydrogens is 522 g/mol. The molecule has 1 saturated carbocycles. The summed E-state index contributed by atoms with van der Waals surface area (Å²) in [5, 5.41) is 14.2. The highest BCUT2D eigenvalue weighted by Crippen LogP contribution is 2.25. The minimum Gasteiger partial charge on any atom is -0.475 e. The van der Waals surface area contributed by atoms with Crippen molar-refractivity contribution in [3.05, 3.63) is 41.7 Å². The number of rotatable bonds is 4. The number of carbonyl (C=O) groups is 2. The largest absolute Gasteiger partial charge is 0.490 e. The molecule has 212 valence electrons. The van der Waals surface area contributed by atoms with Gasteiger partial charge in [-0.25, -0.2) is 14.6 Å². The van der Waals surface area contributed by atoms with E-state index in [1.807, 2.05) is 6.07 Å². The third-order valence-corrected chi connectivity index (χ3v) is 6.14. The van der Waals surface area contributed by atoms with E-state index in [-0.39, 0.29) is 0 Å². The summed E-state index contributed by atoms with van der Waals surface area (Å²) in [6, 6.07) is 11.3. The van der Waals surface area contributed by atoms with Crippen LogP contribution in [-0.4, -0.2) is 86.5 Å². The van der Waals surface area contributed by atoms with Crippen LogP contribution in [0.1, 0.15) is 37.1 Å². The molecule has 0 radical (unpaired) electrons. The lowest BCUT2D eigenvalue weighted by Gasteiger charge is -2.37. The number of halogens is 6. The van der Waals surface area contributed by atoms with Gasteiger partial charge in [-0.15, -0.1) is 0 Å². The van der Waals surface area contributed by atoms with E-state index in [2.05, 4.69) is 46.0 Å². The Bertz CT molecular complexity index is 1000. The van der Waals surface area contributed by atoms with E-state index < -0.39 is 24.3 Å². The van der Waals surface area contributed by atoms with E-state index in [1.54, 1.807) is 0 Å². The number of aryl methyl sites for hydroxylation is 1. The number of aliphatic carboxylic acids is 2. The third-order valence-electron chi connectivity index (χ3n) is 6.14. The maximum Gasteiger partial charge on any atom is 0.490 e. The SMILES string of the molecule is Cc1[nH]c(-c2ccccc2)nc1CN1CCN(C2CCCC2)CC1.O=C(O)C(F)(F)F.O=C(O)C(F)(F)F. The molecule has 2 aromatic rings. The first-order valence-electron chi connectivity index (χ1n) is 11.9. The monoisotopic (exact) mass is 552 g/mol. The van der Waals surface area contributed by atoms with Gasteiger partial charge in [-0.05, 0) is 19.8 Å². The maximum absolute atomic E-state index is 10.6. The Morgan fingerprint density at radius 1 is 0.921 bits per heavy atom. The molecule has 2 heterocycles. The Morgan fingerprint density at radius 3 is 1.84 bits per heavy atom. The Kier molecular flexibility index (Phi) is 11.1. The van der Waals surface area contributed by atoms with Crippen molar-refractivity contribution in [2.45, 2.75) is 57.5 Å². The minimum atomic E-state index is -5.08. The fraction of sp³-hybridized carbons (Fsp3) is 0.542. The molecule has 1 aliphatic heterocycles. The van der Waals surface area contributed by atoms with E-state index in [0.717, 1.165) is 24.0 Å². The molecule has 2 fully saturated rings. The number of hydrogen-bond donors (Lipinski definition) is 3. The van der Waals surface area contributed by atoms with Gasteiger partial charge in [0.05, 0.1) is 5.69 Å². The first-order valence-corrected chi connectivity index (χ1v) is 11.9. The Balaban J connectivity index is 0.000000301. The summed E-state index contributed by atoms with van der Waals surface area (Å²) >= 11 is 0. The fourth-order valence-corrected chi connectivity index (χ4v) is 4.15. The van der Waals surface area contributed by atoms with Crippen molar-refractivity contribution in [3.8, 4) is 11.4 Å². The van der Waals surface area contributed by atoms with Gasteiger partial charge in [0.15, 0.2) is 0 Å². The van der Waals surface area contributed by atoms with Crippen LogP contribution >= 0.6 is 0 Å². The molecule has 1 aromatic carbocycles. The van der Waals surface area contributed by atoms with Gasteiger partial charge in [0.2, 0.25) is 0 Å². The Morgan fingerprint density at radius 2 is 1.39 bits per heavy atom. The summed E-state index contributed by atoms with van der Waals surface area (Å²) in [7, 11) is 0. The maximum atomic E-state index is 10.6. The van der Waals surface area contributed by atoms with Crippen LogP contribution in [0.2, 0.25) is 0 Å². The highest BCUT2D eigenvalue weighted by atomic mass is 19.4. The number of carboxylic acid groups (broad SMARTS) is 2. The second kappa shape index (κ2) is 13.6. The van der Waals surface area contributed by atoms with Crippen molar-refractivity contribution < 1.29 is 46.1 Å². The van der Waals surface area contributed by atoms with Crippen molar-refractivity contribution in [2.24, 2.45) is 0 Å². The van der Waals surface area contributed by atoms with Crippen LogP contribution in [0.25, 0.3) is 11.4 Å². The molecule has 14 heteroatoms. The summed E-state index contributed by atoms with van der Waals surface area (Å²) in [5.74, 6) is -4.52. The highest BCUT2D eigenvalue weighted by molar-refractivity contribution is 5.73. The molecule has 38 heavy (non-hydrogen) atoms. The van der Waals surface area contributed by atoms with E-state index in [4.69, 9.17) is 24.8 Å². The molecule has 1 aliphatic carbocycles. The minimum absolute atomic E-state index is 0.865. The van der Waals surface area contributed by atoms with E-state index >= 15 is 0 Å². The quantitative estimate of drug-likeness (QED) is 0.472. The number of carboxylic acids is 2. The number of aromatic nitrogens is 2. The zero-order valence-corrected chi connectivity index (χ0v) is 20.6. The average Bonchev–Trinajstić information content (AvgIpc) is 3.50. The molecule has 0 spiro atoms. The number of alkyl halides is 6. The number of hydrogen-bond acceptors (Lipinski definition) is 5. The summed E-state index contributed by atoms with van der Waals surface area (Å²) in [6.45, 7) is 7.89. The number of aromatic amines is 1. The van der Waals surface area contributed by atoms with E-state index in [9.17, 15) is 26.3 Å². The summed E-state index contributed by atoms with van der Waals surface area (Å²) in [5.41, 5.74) is 3.56. The smallest absolute Gasteiger partial charge is 0.475 e. The number of imidazole rings is 1. The number of nitrogens with one attached hydrogen (secondary N) is 1. The van der Waals surface area contributed by atoms with Crippen LogP contribution in [0.4, 0.5) is 26.3 Å². The van der Waals surface area contributed by atoms with Crippen molar-refractivity contribution in [2.75, 3.05) is 26.2 Å². The molecule has 0 amide bonds. The molecule has 8 nitrogen and oxygen atoms in total. The molecule has 1 aromatic heterocycles. The topological polar surface area (TPSA) is 110 Å². The van der Waals surface area contributed by atoms with Crippen molar-refractivity contribution >= 4 is 11.9 Å². The van der Waals surface area contributed by atoms with E-state index in [1.165, 1.54) is 63.3 Å². The first kappa shape index (κ1) is 31.1. The van der Waals surface area contributed by atoms with Crippen LogP contribution < -0.4 is 0 Å². The molecular formula is C24H30F6N4O4. The normalized spacial score (nSPS) is 17.2. The molecule has 2 aliphatic rings. The van der Waals surface area contributed by atoms with Gasteiger partial charge >= 0.3 is 24.3 Å². The molecule has 0 bridgehead atoms. The lowest BCUT2D eigenvalue weighted by Crippen LogP contribution is -2.49. The number of H-pyrrole nitrogens is 1. The zero-order valence-electron chi connectivity index (χ0n) is 20.6. The lowest BCUT2D eigenvalue weighted by atomic mass is 10.1. The Hall–Kier alpha value is -3.13. The summed E-state index contributed by atoms with van der Waals surface area (Å²) in [4.78, 5) is 31.4. The second-order valence-electron chi connectivity index (χ2n) is 8.88. The van der Waals surface area contributed by atoms with Crippen LogP contribution in [0, 0.1) is 6.92 Å². The highest BCUT2D eigenvalue weighted by Gasteiger charge is 2.38. The standard InChI is InChI=1S/C20H28N4.2C2HF3O2/c1-16-19(22-20(21-16)17-7-3-2-4-8-17)15-23-11-13-24(14-12-23)18-9-5-6-10-18;2*3-2(4,5)1(6)7/h2-4,7-8,18H,5-6,9-15H2,1H3,(H,21,22);2*(H,6,7). The molecule has 1 saturated heterocycles. The summed E-state index contributed by atoms with van der Waals surface area (Å²) in [6.07, 6.45) is -4.48. The van der Waals surface area contributed by atoms with Gasteiger partial charge in [0, 0.05) is 50.0 Å². The number of piperazine rings is 1. The van der Waals surface area contributed by atoms with E-state index in [0.29, 0.717) is 0 Å². The second-order valence-corrected chi connectivity index (χ2v) is 8.88. The van der Waals surface area contributed by atoms with Crippen LogP contribution in [0.5, 0.6) is 0 Å². The number of benzene rings is 1. The number of nitrogens with zero attached hydrogens (tertiary/aromatic N) is 3. The first-order chi connectivity index (χ1) is 17.7. The van der Waals surface area contributed by atoms with Gasteiger partial charge < -0.3 is 15.2 Å². The van der Waals surface area contributed by atoms with Crippen LogP contribution in [0.3, 0.4) is 0 Å². The average molecular weight is 553 g/mol. The third kappa shape index (κ3) is 9.97. The van der Waals surface area contributed by atoms with Crippen molar-refractivity contribution in [1.82, 2.24) is 19.8 Å². The van der Waals surface area contributed by atoms with Crippen molar-refractivity contribution in [3.63, 3.8) is 0 Å². The van der Waals surface area contributed by atoms with Crippen molar-refractivity contribution in [1.29, 1.82) is 0 Å². The van der Waals surface area contributed by atoms with Gasteiger partial charge in [-0.2, -0.15) is 26.3 Å². The molecule has 0 atom stereocenters. The zero-order chi connectivity index (χ0) is 28.5. The Labute approximate surface area is 215 Å². The fourth-order valence-electron chi connectivity index (χ4n) is 4.15. The molecule has 0 unspecified atom stereocenters. The predicted molar refractivity (Wildman–Crippen MR) is 125 cm³/mol. The van der Waals surface area contributed by atoms with Crippen LogP contribution in [0.15, 0.2) is 30.3 Å². The van der Waals surface area contributed by atoms with Gasteiger partial charge in [0.25, 0.3) is 0 Å². The van der Waals surface area contributed by atoms with Gasteiger partial charge in [0.1, 0.15) is 5.82 Å². The molecule has 4 rings (SSSR count). The molecule has 3 N–H and O–H groups in total.